The minimum absolute atomic E-state index is 0.147. The number of hydrogen-bond acceptors (Lipinski definition) is 2. The number of carbonyl (C=O) groups excluding carboxylic acids is 1. The van der Waals surface area contributed by atoms with Gasteiger partial charge in [-0.05, 0) is 50.1 Å². The second-order valence-electron chi connectivity index (χ2n) is 6.12. The number of benzene rings is 2. The van der Waals surface area contributed by atoms with Crippen molar-refractivity contribution >= 4 is 23.2 Å². The first-order chi connectivity index (χ1) is 12.0. The van der Waals surface area contributed by atoms with Gasteiger partial charge in [-0.1, -0.05) is 41.9 Å². The Morgan fingerprint density at radius 2 is 1.88 bits per heavy atom. The SMILES string of the molecule is Cc1cccc(NC(=O)c2c(C)nn(Cc3ccccc3Cl)c2C)c1. The molecule has 0 radical (unpaired) electrons. The van der Waals surface area contributed by atoms with E-state index in [1.807, 2.05) is 74.0 Å². The first-order valence-electron chi connectivity index (χ1n) is 8.11. The fraction of sp³-hybridized carbons (Fsp3) is 0.200. The van der Waals surface area contributed by atoms with E-state index >= 15 is 0 Å². The summed E-state index contributed by atoms with van der Waals surface area (Å²) in [6.07, 6.45) is 0. The first kappa shape index (κ1) is 17.2. The predicted molar refractivity (Wildman–Crippen MR) is 101 cm³/mol. The zero-order chi connectivity index (χ0) is 18.0. The van der Waals surface area contributed by atoms with Crippen molar-refractivity contribution in [3.05, 3.63) is 81.6 Å². The molecule has 3 rings (SSSR count). The van der Waals surface area contributed by atoms with Crippen LogP contribution in [0.5, 0.6) is 0 Å². The van der Waals surface area contributed by atoms with E-state index in [-0.39, 0.29) is 5.91 Å². The van der Waals surface area contributed by atoms with Crippen molar-refractivity contribution in [2.45, 2.75) is 27.3 Å². The summed E-state index contributed by atoms with van der Waals surface area (Å²) in [5.74, 6) is -0.147. The molecule has 3 aromatic rings. The molecule has 1 aromatic heterocycles. The van der Waals surface area contributed by atoms with Crippen molar-refractivity contribution in [3.63, 3.8) is 0 Å². The van der Waals surface area contributed by atoms with Crippen LogP contribution < -0.4 is 5.32 Å². The normalized spacial score (nSPS) is 10.7. The van der Waals surface area contributed by atoms with Crippen LogP contribution in [0.2, 0.25) is 5.02 Å². The van der Waals surface area contributed by atoms with Crippen LogP contribution in [0.4, 0.5) is 5.69 Å². The highest BCUT2D eigenvalue weighted by atomic mass is 35.5. The van der Waals surface area contributed by atoms with E-state index < -0.39 is 0 Å². The molecule has 25 heavy (non-hydrogen) atoms. The van der Waals surface area contributed by atoms with Gasteiger partial charge in [-0.2, -0.15) is 5.10 Å². The fourth-order valence-corrected chi connectivity index (χ4v) is 3.08. The number of rotatable bonds is 4. The molecule has 1 amide bonds. The zero-order valence-corrected chi connectivity index (χ0v) is 15.3. The van der Waals surface area contributed by atoms with Crippen LogP contribution in [0.25, 0.3) is 0 Å². The summed E-state index contributed by atoms with van der Waals surface area (Å²) in [4.78, 5) is 12.7. The molecule has 0 atom stereocenters. The number of aromatic nitrogens is 2. The van der Waals surface area contributed by atoms with Gasteiger partial charge < -0.3 is 5.32 Å². The number of amides is 1. The van der Waals surface area contributed by atoms with Gasteiger partial charge in [0.2, 0.25) is 0 Å². The number of nitrogens with zero attached hydrogens (tertiary/aromatic N) is 2. The third-order valence-corrected chi connectivity index (χ3v) is 4.53. The molecule has 0 aliphatic heterocycles. The predicted octanol–water partition coefficient (Wildman–Crippen LogP) is 4.76. The Kier molecular flexibility index (Phi) is 4.91. The van der Waals surface area contributed by atoms with E-state index in [0.29, 0.717) is 22.8 Å². The average Bonchev–Trinajstić information content (AvgIpc) is 2.83. The van der Waals surface area contributed by atoms with Gasteiger partial charge in [0.05, 0.1) is 17.8 Å². The van der Waals surface area contributed by atoms with E-state index in [1.54, 1.807) is 0 Å². The maximum atomic E-state index is 12.7. The van der Waals surface area contributed by atoms with Gasteiger partial charge in [-0.15, -0.1) is 0 Å². The molecule has 0 bridgehead atoms. The molecular weight excluding hydrogens is 334 g/mol. The molecule has 0 aliphatic carbocycles. The van der Waals surface area contributed by atoms with Gasteiger partial charge in [-0.3, -0.25) is 9.48 Å². The van der Waals surface area contributed by atoms with Gasteiger partial charge in [0, 0.05) is 16.4 Å². The second kappa shape index (κ2) is 7.11. The molecule has 0 saturated heterocycles. The van der Waals surface area contributed by atoms with Crippen molar-refractivity contribution in [3.8, 4) is 0 Å². The largest absolute Gasteiger partial charge is 0.322 e. The average molecular weight is 354 g/mol. The molecular formula is C20H20ClN3O. The Bertz CT molecular complexity index is 930. The summed E-state index contributed by atoms with van der Waals surface area (Å²) < 4.78 is 1.82. The maximum absolute atomic E-state index is 12.7. The van der Waals surface area contributed by atoms with E-state index in [0.717, 1.165) is 22.5 Å². The fourth-order valence-electron chi connectivity index (χ4n) is 2.88. The summed E-state index contributed by atoms with van der Waals surface area (Å²) in [5, 5.41) is 8.17. The topological polar surface area (TPSA) is 46.9 Å². The smallest absolute Gasteiger partial charge is 0.259 e. The standard InChI is InChI=1S/C20H20ClN3O/c1-13-7-6-9-17(11-13)22-20(25)19-14(2)23-24(15(19)3)12-16-8-4-5-10-18(16)21/h4-11H,12H2,1-3H3,(H,22,25). The molecule has 5 heteroatoms. The van der Waals surface area contributed by atoms with Gasteiger partial charge in [-0.25, -0.2) is 0 Å². The second-order valence-corrected chi connectivity index (χ2v) is 6.53. The molecule has 1 N–H and O–H groups in total. The lowest BCUT2D eigenvalue weighted by atomic mass is 10.1. The Hall–Kier alpha value is -2.59. The van der Waals surface area contributed by atoms with E-state index in [2.05, 4.69) is 10.4 Å². The number of halogens is 1. The number of aryl methyl sites for hydroxylation is 2. The van der Waals surface area contributed by atoms with Crippen molar-refractivity contribution in [1.82, 2.24) is 9.78 Å². The van der Waals surface area contributed by atoms with Gasteiger partial charge in [0.25, 0.3) is 5.91 Å². The summed E-state index contributed by atoms with van der Waals surface area (Å²) in [5.41, 5.74) is 4.98. The molecule has 0 spiro atoms. The van der Waals surface area contributed by atoms with Crippen molar-refractivity contribution in [2.24, 2.45) is 0 Å². The van der Waals surface area contributed by atoms with E-state index in [1.165, 1.54) is 0 Å². The van der Waals surface area contributed by atoms with Crippen molar-refractivity contribution in [2.75, 3.05) is 5.32 Å². The highest BCUT2D eigenvalue weighted by molar-refractivity contribution is 6.31. The van der Waals surface area contributed by atoms with Crippen molar-refractivity contribution in [1.29, 1.82) is 0 Å². The summed E-state index contributed by atoms with van der Waals surface area (Å²) in [6.45, 7) is 6.28. The van der Waals surface area contributed by atoms with Crippen LogP contribution in [0.3, 0.4) is 0 Å². The highest BCUT2D eigenvalue weighted by Gasteiger charge is 2.19. The molecule has 4 nitrogen and oxygen atoms in total. The lowest BCUT2D eigenvalue weighted by molar-refractivity contribution is 0.102. The summed E-state index contributed by atoms with van der Waals surface area (Å²) in [6, 6.07) is 15.4. The molecule has 0 unspecified atom stereocenters. The lowest BCUT2D eigenvalue weighted by Gasteiger charge is -2.08. The van der Waals surface area contributed by atoms with E-state index in [4.69, 9.17) is 11.6 Å². The highest BCUT2D eigenvalue weighted by Crippen LogP contribution is 2.20. The number of anilines is 1. The van der Waals surface area contributed by atoms with E-state index in [9.17, 15) is 4.79 Å². The van der Waals surface area contributed by atoms with Crippen LogP contribution in [0.15, 0.2) is 48.5 Å². The Labute approximate surface area is 152 Å². The molecule has 0 saturated carbocycles. The molecule has 0 aliphatic rings. The van der Waals surface area contributed by atoms with Gasteiger partial charge >= 0.3 is 0 Å². The Morgan fingerprint density at radius 1 is 1.12 bits per heavy atom. The quantitative estimate of drug-likeness (QED) is 0.734. The van der Waals surface area contributed by atoms with Gasteiger partial charge in [0.1, 0.15) is 0 Å². The number of nitrogens with one attached hydrogen (secondary N) is 1. The Morgan fingerprint density at radius 3 is 2.60 bits per heavy atom. The first-order valence-corrected chi connectivity index (χ1v) is 8.49. The minimum atomic E-state index is -0.147. The molecule has 128 valence electrons. The van der Waals surface area contributed by atoms with Crippen LogP contribution in [0, 0.1) is 20.8 Å². The van der Waals surface area contributed by atoms with Crippen LogP contribution in [0.1, 0.15) is 32.9 Å². The van der Waals surface area contributed by atoms with Crippen LogP contribution >= 0.6 is 11.6 Å². The monoisotopic (exact) mass is 353 g/mol. The maximum Gasteiger partial charge on any atom is 0.259 e. The van der Waals surface area contributed by atoms with Gasteiger partial charge in [0.15, 0.2) is 0 Å². The third-order valence-electron chi connectivity index (χ3n) is 4.16. The number of carbonyl (C=O) groups is 1. The Balaban J connectivity index is 1.86. The number of hydrogen-bond donors (Lipinski definition) is 1. The van der Waals surface area contributed by atoms with Crippen molar-refractivity contribution < 1.29 is 4.79 Å². The van der Waals surface area contributed by atoms with Crippen LogP contribution in [-0.2, 0) is 6.54 Å². The molecule has 1 heterocycles. The summed E-state index contributed by atoms with van der Waals surface area (Å²) in [7, 11) is 0. The molecule has 2 aromatic carbocycles. The third kappa shape index (κ3) is 3.74. The zero-order valence-electron chi connectivity index (χ0n) is 14.5. The minimum Gasteiger partial charge on any atom is -0.322 e. The summed E-state index contributed by atoms with van der Waals surface area (Å²) >= 11 is 6.24. The molecule has 0 fully saturated rings. The van der Waals surface area contributed by atoms with Crippen LogP contribution in [-0.4, -0.2) is 15.7 Å². The lowest BCUT2D eigenvalue weighted by Crippen LogP contribution is -2.14.